The summed E-state index contributed by atoms with van der Waals surface area (Å²) in [4.78, 5) is 26.6. The van der Waals surface area contributed by atoms with Crippen molar-refractivity contribution in [3.8, 4) is 5.69 Å². The Labute approximate surface area is 153 Å². The maximum absolute atomic E-state index is 13.0. The second-order valence-corrected chi connectivity index (χ2v) is 6.38. The number of hydrogen-bond donors (Lipinski definition) is 0. The Balaban J connectivity index is 2.05. The van der Waals surface area contributed by atoms with Crippen molar-refractivity contribution >= 4 is 5.91 Å². The van der Waals surface area contributed by atoms with Crippen molar-refractivity contribution in [3.63, 3.8) is 0 Å². The van der Waals surface area contributed by atoms with E-state index in [1.54, 1.807) is 13.8 Å². The van der Waals surface area contributed by atoms with E-state index in [1.807, 2.05) is 0 Å². The van der Waals surface area contributed by atoms with Crippen LogP contribution in [0.25, 0.3) is 5.69 Å². The van der Waals surface area contributed by atoms with Crippen molar-refractivity contribution in [1.29, 1.82) is 0 Å². The molecule has 0 spiro atoms. The molecule has 0 bridgehead atoms. The summed E-state index contributed by atoms with van der Waals surface area (Å²) in [5.41, 5.74) is -1.29. The molecule has 144 valence electrons. The normalized spacial score (nSPS) is 17.8. The molecule has 1 atom stereocenters. The van der Waals surface area contributed by atoms with Crippen LogP contribution >= 0.6 is 0 Å². The van der Waals surface area contributed by atoms with E-state index in [-0.39, 0.29) is 17.4 Å². The highest BCUT2D eigenvalue weighted by Crippen LogP contribution is 2.30. The molecular formula is C18H18F3N3O3. The van der Waals surface area contributed by atoms with Gasteiger partial charge in [0.05, 0.1) is 30.5 Å². The Kier molecular flexibility index (Phi) is 5.05. The number of ether oxygens (including phenoxy) is 1. The van der Waals surface area contributed by atoms with Gasteiger partial charge in [0.1, 0.15) is 0 Å². The van der Waals surface area contributed by atoms with Crippen LogP contribution in [0, 0.1) is 6.92 Å². The van der Waals surface area contributed by atoms with E-state index >= 15 is 0 Å². The molecule has 1 unspecified atom stereocenters. The first-order valence-electron chi connectivity index (χ1n) is 8.36. The molecule has 3 rings (SSSR count). The number of carbonyl (C=O) groups excluding carboxylic acids is 1. The molecule has 0 saturated carbocycles. The number of benzene rings is 1. The van der Waals surface area contributed by atoms with E-state index < -0.39 is 23.1 Å². The van der Waals surface area contributed by atoms with E-state index in [2.05, 4.69) is 5.10 Å². The molecule has 1 fully saturated rings. The van der Waals surface area contributed by atoms with Crippen molar-refractivity contribution in [1.82, 2.24) is 14.7 Å². The average molecular weight is 381 g/mol. The van der Waals surface area contributed by atoms with Crippen LogP contribution in [0.4, 0.5) is 13.2 Å². The molecular weight excluding hydrogens is 363 g/mol. The fraction of sp³-hybridized carbons (Fsp3) is 0.389. The zero-order valence-corrected chi connectivity index (χ0v) is 14.8. The molecule has 6 nitrogen and oxygen atoms in total. The van der Waals surface area contributed by atoms with Gasteiger partial charge in [-0.1, -0.05) is 6.07 Å². The summed E-state index contributed by atoms with van der Waals surface area (Å²) in [6.07, 6.45) is -4.51. The third kappa shape index (κ3) is 3.87. The van der Waals surface area contributed by atoms with Gasteiger partial charge in [-0.15, -0.1) is 0 Å². The molecule has 1 amide bonds. The minimum Gasteiger partial charge on any atom is -0.377 e. The monoisotopic (exact) mass is 381 g/mol. The standard InChI is InChI=1S/C18H18F3N3O3/c1-11-8-15(25)16(17(26)23-6-7-27-10-12(23)2)22-24(11)14-5-3-4-13(9-14)18(19,20)21/h3-5,8-9,12H,6-7,10H2,1-2H3. The molecule has 0 radical (unpaired) electrons. The van der Waals surface area contributed by atoms with Crippen LogP contribution in [0.15, 0.2) is 35.1 Å². The van der Waals surface area contributed by atoms with Gasteiger partial charge in [0.2, 0.25) is 5.43 Å². The van der Waals surface area contributed by atoms with Gasteiger partial charge in [0, 0.05) is 18.3 Å². The van der Waals surface area contributed by atoms with E-state index in [0.29, 0.717) is 25.5 Å². The zero-order valence-electron chi connectivity index (χ0n) is 14.8. The molecule has 1 aliphatic rings. The number of morpholine rings is 1. The number of nitrogens with zero attached hydrogens (tertiary/aromatic N) is 3. The zero-order chi connectivity index (χ0) is 19.8. The Morgan fingerprint density at radius 1 is 1.30 bits per heavy atom. The van der Waals surface area contributed by atoms with Crippen LogP contribution in [0.2, 0.25) is 0 Å². The second kappa shape index (κ2) is 7.15. The third-order valence-electron chi connectivity index (χ3n) is 4.36. The van der Waals surface area contributed by atoms with Crippen LogP contribution in [-0.4, -0.2) is 46.4 Å². The Morgan fingerprint density at radius 2 is 2.04 bits per heavy atom. The Morgan fingerprint density at radius 3 is 2.70 bits per heavy atom. The first kappa shape index (κ1) is 19.1. The molecule has 1 aromatic carbocycles. The lowest BCUT2D eigenvalue weighted by molar-refractivity contribution is -0.137. The molecule has 9 heteroatoms. The van der Waals surface area contributed by atoms with Crippen LogP contribution < -0.4 is 5.43 Å². The van der Waals surface area contributed by atoms with Gasteiger partial charge in [0.15, 0.2) is 5.69 Å². The quantitative estimate of drug-likeness (QED) is 0.802. The van der Waals surface area contributed by atoms with E-state index in [0.717, 1.165) is 12.1 Å². The summed E-state index contributed by atoms with van der Waals surface area (Å²) in [5.74, 6) is -0.559. The number of aryl methyl sites for hydroxylation is 1. The SMILES string of the molecule is Cc1cc(=O)c(C(=O)N2CCOCC2C)nn1-c1cccc(C(F)(F)F)c1. The number of amides is 1. The van der Waals surface area contributed by atoms with Gasteiger partial charge in [-0.05, 0) is 32.0 Å². The van der Waals surface area contributed by atoms with Crippen molar-refractivity contribution in [2.45, 2.75) is 26.1 Å². The molecule has 0 N–H and O–H groups in total. The summed E-state index contributed by atoms with van der Waals surface area (Å²) < 4.78 is 45.4. The molecule has 27 heavy (non-hydrogen) atoms. The van der Waals surface area contributed by atoms with Crippen molar-refractivity contribution in [2.24, 2.45) is 0 Å². The minimum absolute atomic E-state index is 0.117. The number of rotatable bonds is 2. The van der Waals surface area contributed by atoms with Gasteiger partial charge >= 0.3 is 6.18 Å². The number of carbonyl (C=O) groups is 1. The highest BCUT2D eigenvalue weighted by molar-refractivity contribution is 5.92. The number of alkyl halides is 3. The summed E-state index contributed by atoms with van der Waals surface area (Å²) in [6, 6.07) is 5.54. The topological polar surface area (TPSA) is 64.4 Å². The smallest absolute Gasteiger partial charge is 0.377 e. The van der Waals surface area contributed by atoms with Crippen molar-refractivity contribution < 1.29 is 22.7 Å². The van der Waals surface area contributed by atoms with Gasteiger partial charge in [0.25, 0.3) is 5.91 Å². The highest BCUT2D eigenvalue weighted by Gasteiger charge is 2.31. The van der Waals surface area contributed by atoms with Gasteiger partial charge in [-0.25, -0.2) is 4.68 Å². The predicted octanol–water partition coefficient (Wildman–Crippen LogP) is 2.42. The lowest BCUT2D eigenvalue weighted by atomic mass is 10.2. The molecule has 1 saturated heterocycles. The van der Waals surface area contributed by atoms with Gasteiger partial charge < -0.3 is 9.64 Å². The van der Waals surface area contributed by atoms with Crippen molar-refractivity contribution in [2.75, 3.05) is 19.8 Å². The molecule has 2 heterocycles. The second-order valence-electron chi connectivity index (χ2n) is 6.38. The fourth-order valence-corrected chi connectivity index (χ4v) is 2.94. The van der Waals surface area contributed by atoms with Crippen LogP contribution in [-0.2, 0) is 10.9 Å². The highest BCUT2D eigenvalue weighted by atomic mass is 19.4. The summed E-state index contributed by atoms with van der Waals surface area (Å²) in [5, 5.41) is 4.08. The number of halogens is 3. The first-order chi connectivity index (χ1) is 12.7. The van der Waals surface area contributed by atoms with Gasteiger partial charge in [-0.2, -0.15) is 18.3 Å². The Bertz CT molecular complexity index is 924. The number of aromatic nitrogens is 2. The maximum atomic E-state index is 13.0. The van der Waals surface area contributed by atoms with E-state index in [1.165, 1.54) is 27.8 Å². The maximum Gasteiger partial charge on any atom is 0.416 e. The van der Waals surface area contributed by atoms with Crippen molar-refractivity contribution in [3.05, 3.63) is 57.5 Å². The molecule has 1 aromatic heterocycles. The van der Waals surface area contributed by atoms with E-state index in [4.69, 9.17) is 4.74 Å². The molecule has 1 aliphatic heterocycles. The van der Waals surface area contributed by atoms with Crippen LogP contribution in [0.5, 0.6) is 0 Å². The summed E-state index contributed by atoms with van der Waals surface area (Å²) >= 11 is 0. The summed E-state index contributed by atoms with van der Waals surface area (Å²) in [6.45, 7) is 4.35. The average Bonchev–Trinajstić information content (AvgIpc) is 2.61. The summed E-state index contributed by atoms with van der Waals surface area (Å²) in [7, 11) is 0. The van der Waals surface area contributed by atoms with Crippen LogP contribution in [0.3, 0.4) is 0 Å². The fourth-order valence-electron chi connectivity index (χ4n) is 2.94. The lowest BCUT2D eigenvalue weighted by Gasteiger charge is -2.32. The third-order valence-corrected chi connectivity index (χ3v) is 4.36. The molecule has 2 aromatic rings. The van der Waals surface area contributed by atoms with E-state index in [9.17, 15) is 22.8 Å². The largest absolute Gasteiger partial charge is 0.416 e. The number of hydrogen-bond acceptors (Lipinski definition) is 4. The lowest BCUT2D eigenvalue weighted by Crippen LogP contribution is -2.48. The Hall–Kier alpha value is -2.68. The van der Waals surface area contributed by atoms with Gasteiger partial charge in [-0.3, -0.25) is 9.59 Å². The predicted molar refractivity (Wildman–Crippen MR) is 90.9 cm³/mol. The first-order valence-corrected chi connectivity index (χ1v) is 8.36. The molecule has 0 aliphatic carbocycles. The minimum atomic E-state index is -4.51. The van der Waals surface area contributed by atoms with Crippen LogP contribution in [0.1, 0.15) is 28.7 Å².